The van der Waals surface area contributed by atoms with Gasteiger partial charge in [0.25, 0.3) is 0 Å². The van der Waals surface area contributed by atoms with Gasteiger partial charge in [-0.3, -0.25) is 0 Å². The molecule has 0 aliphatic carbocycles. The summed E-state index contributed by atoms with van der Waals surface area (Å²) in [7, 11) is 4.22. The molecule has 0 aromatic heterocycles. The van der Waals surface area contributed by atoms with Gasteiger partial charge in [0.15, 0.2) is 0 Å². The highest BCUT2D eigenvalue weighted by molar-refractivity contribution is 5.20. The summed E-state index contributed by atoms with van der Waals surface area (Å²) < 4.78 is 6.31. The van der Waals surface area contributed by atoms with Crippen LogP contribution in [-0.2, 0) is 10.5 Å². The second-order valence-corrected chi connectivity index (χ2v) is 4.82. The quantitative estimate of drug-likeness (QED) is 0.696. The minimum absolute atomic E-state index is 0.594. The smallest absolute Gasteiger partial charge is 0.243 e. The average Bonchev–Trinajstić information content (AvgIpc) is 2.17. The Kier molecular flexibility index (Phi) is 2.54. The number of hydrogen-bond acceptors (Lipinski definition) is 2. The zero-order valence-corrected chi connectivity index (χ0v) is 9.31. The number of likely N-dealkylation sites (N-methyl/N-ethyl adjacent to an activating group) is 1. The van der Waals surface area contributed by atoms with Crippen LogP contribution >= 0.6 is 0 Å². The van der Waals surface area contributed by atoms with Crippen molar-refractivity contribution >= 4 is 0 Å². The molecule has 3 nitrogen and oxygen atoms in total. The maximum atomic E-state index is 10.4. The van der Waals surface area contributed by atoms with Gasteiger partial charge in [0.1, 0.15) is 13.1 Å². The Morgan fingerprint density at radius 3 is 2.53 bits per heavy atom. The van der Waals surface area contributed by atoms with Crippen LogP contribution in [0.5, 0.6) is 0 Å². The summed E-state index contributed by atoms with van der Waals surface area (Å²) in [5, 5.41) is 10.4. The van der Waals surface area contributed by atoms with Crippen molar-refractivity contribution in [1.82, 2.24) is 0 Å². The number of benzene rings is 1. The number of rotatable bonds is 1. The third-order valence-corrected chi connectivity index (χ3v) is 2.90. The highest BCUT2D eigenvalue weighted by atomic mass is 16.6. The molecular weight excluding hydrogens is 190 g/mol. The fourth-order valence-corrected chi connectivity index (χ4v) is 2.04. The topological polar surface area (TPSA) is 29.5 Å². The lowest BCUT2D eigenvalue weighted by molar-refractivity contribution is -0.912. The molecule has 1 atom stereocenters. The zero-order valence-electron chi connectivity index (χ0n) is 9.31. The first-order valence-corrected chi connectivity index (χ1v) is 5.26. The maximum absolute atomic E-state index is 10.4. The summed E-state index contributed by atoms with van der Waals surface area (Å²) in [5.74, 6) is -1.12. The van der Waals surface area contributed by atoms with Crippen LogP contribution < -0.4 is 0 Å². The van der Waals surface area contributed by atoms with Gasteiger partial charge in [0, 0.05) is 5.56 Å². The molecule has 1 fully saturated rings. The zero-order chi connectivity index (χ0) is 10.9. The van der Waals surface area contributed by atoms with E-state index in [0.717, 1.165) is 16.6 Å². The fourth-order valence-electron chi connectivity index (χ4n) is 2.04. The van der Waals surface area contributed by atoms with Gasteiger partial charge in [-0.2, -0.15) is 0 Å². The van der Waals surface area contributed by atoms with Gasteiger partial charge in [0.2, 0.25) is 5.79 Å². The predicted molar refractivity (Wildman–Crippen MR) is 58.1 cm³/mol. The third kappa shape index (κ3) is 2.20. The van der Waals surface area contributed by atoms with Crippen LogP contribution in [0.15, 0.2) is 30.3 Å². The molecule has 0 spiro atoms. The average molecular weight is 208 g/mol. The van der Waals surface area contributed by atoms with Crippen molar-refractivity contribution in [1.29, 1.82) is 0 Å². The Labute approximate surface area is 90.5 Å². The van der Waals surface area contributed by atoms with Gasteiger partial charge in [-0.1, -0.05) is 30.3 Å². The number of ether oxygens (including phenoxy) is 1. The van der Waals surface area contributed by atoms with Crippen molar-refractivity contribution in [3.05, 3.63) is 35.9 Å². The molecule has 2 rings (SSSR count). The van der Waals surface area contributed by atoms with Crippen LogP contribution in [0.4, 0.5) is 0 Å². The van der Waals surface area contributed by atoms with Gasteiger partial charge >= 0.3 is 0 Å². The number of nitrogens with zero attached hydrogens (tertiary/aromatic N) is 1. The van der Waals surface area contributed by atoms with E-state index < -0.39 is 5.79 Å². The Hall–Kier alpha value is -0.900. The van der Waals surface area contributed by atoms with Crippen molar-refractivity contribution in [3.63, 3.8) is 0 Å². The van der Waals surface area contributed by atoms with Crippen LogP contribution in [0.2, 0.25) is 0 Å². The fraction of sp³-hybridized carbons (Fsp3) is 0.500. The normalized spacial score (nSPS) is 30.1. The van der Waals surface area contributed by atoms with E-state index in [9.17, 15) is 5.11 Å². The van der Waals surface area contributed by atoms with Crippen molar-refractivity contribution < 1.29 is 14.3 Å². The summed E-state index contributed by atoms with van der Waals surface area (Å²) in [5.41, 5.74) is 0.843. The third-order valence-electron chi connectivity index (χ3n) is 2.90. The molecule has 1 aromatic rings. The molecule has 0 amide bonds. The summed E-state index contributed by atoms with van der Waals surface area (Å²) in [6.45, 7) is 2.13. The Balaban J connectivity index is 2.27. The standard InChI is InChI=1S/C12H18NO2/c1-13(2)8-9-15-12(14,10-13)11-6-4-3-5-7-11/h3-7,14H,8-10H2,1-2H3/q+1. The van der Waals surface area contributed by atoms with Crippen molar-refractivity contribution in [2.24, 2.45) is 0 Å². The Morgan fingerprint density at radius 1 is 1.27 bits per heavy atom. The lowest BCUT2D eigenvalue weighted by atomic mass is 10.0. The van der Waals surface area contributed by atoms with E-state index in [1.807, 2.05) is 30.3 Å². The molecule has 0 bridgehead atoms. The van der Waals surface area contributed by atoms with E-state index in [-0.39, 0.29) is 0 Å². The monoisotopic (exact) mass is 208 g/mol. The van der Waals surface area contributed by atoms with Crippen molar-refractivity contribution in [3.8, 4) is 0 Å². The molecule has 1 aliphatic heterocycles. The SMILES string of the molecule is C[N+]1(C)CCOC(O)(c2ccccc2)C1. The highest BCUT2D eigenvalue weighted by Gasteiger charge is 2.41. The first-order valence-electron chi connectivity index (χ1n) is 5.26. The number of quaternary nitrogens is 1. The molecular formula is C12H18NO2+. The van der Waals surface area contributed by atoms with Crippen LogP contribution in [-0.4, -0.2) is 43.4 Å². The van der Waals surface area contributed by atoms with E-state index in [2.05, 4.69) is 14.1 Å². The van der Waals surface area contributed by atoms with Crippen molar-refractivity contribution in [2.45, 2.75) is 5.79 Å². The van der Waals surface area contributed by atoms with Gasteiger partial charge in [-0.15, -0.1) is 0 Å². The Morgan fingerprint density at radius 2 is 1.93 bits per heavy atom. The molecule has 0 saturated carbocycles. The van der Waals surface area contributed by atoms with Gasteiger partial charge < -0.3 is 14.3 Å². The van der Waals surface area contributed by atoms with Crippen molar-refractivity contribution in [2.75, 3.05) is 33.8 Å². The second kappa shape index (κ2) is 3.59. The molecule has 0 radical (unpaired) electrons. The maximum Gasteiger partial charge on any atom is 0.243 e. The number of aliphatic hydroxyl groups is 1. The van der Waals surface area contributed by atoms with Gasteiger partial charge in [-0.25, -0.2) is 0 Å². The minimum Gasteiger partial charge on any atom is -0.357 e. The summed E-state index contributed by atoms with van der Waals surface area (Å²) in [6, 6.07) is 9.60. The largest absolute Gasteiger partial charge is 0.357 e. The molecule has 1 N–H and O–H groups in total. The first-order chi connectivity index (χ1) is 7.02. The van der Waals surface area contributed by atoms with Crippen LogP contribution in [0, 0.1) is 0 Å². The molecule has 1 heterocycles. The lowest BCUT2D eigenvalue weighted by Gasteiger charge is -2.42. The second-order valence-electron chi connectivity index (χ2n) is 4.82. The molecule has 15 heavy (non-hydrogen) atoms. The van der Waals surface area contributed by atoms with Crippen LogP contribution in [0.1, 0.15) is 5.56 Å². The van der Waals surface area contributed by atoms with E-state index >= 15 is 0 Å². The lowest BCUT2D eigenvalue weighted by Crippen LogP contribution is -2.57. The molecule has 1 aromatic carbocycles. The number of hydrogen-bond donors (Lipinski definition) is 1. The minimum atomic E-state index is -1.12. The predicted octanol–water partition coefficient (Wildman–Crippen LogP) is 0.938. The first kappa shape index (κ1) is 10.6. The van der Waals surface area contributed by atoms with Crippen LogP contribution in [0.3, 0.4) is 0 Å². The molecule has 3 heteroatoms. The van der Waals surface area contributed by atoms with E-state index in [1.54, 1.807) is 0 Å². The summed E-state index contributed by atoms with van der Waals surface area (Å²) in [6.07, 6.45) is 0. The van der Waals surface area contributed by atoms with E-state index in [4.69, 9.17) is 4.74 Å². The number of morpholine rings is 1. The summed E-state index contributed by atoms with van der Waals surface area (Å²) in [4.78, 5) is 0. The van der Waals surface area contributed by atoms with E-state index in [1.165, 1.54) is 0 Å². The van der Waals surface area contributed by atoms with Gasteiger partial charge in [-0.05, 0) is 0 Å². The Bertz CT molecular complexity index is 337. The summed E-state index contributed by atoms with van der Waals surface area (Å²) >= 11 is 0. The van der Waals surface area contributed by atoms with E-state index in [0.29, 0.717) is 13.2 Å². The highest BCUT2D eigenvalue weighted by Crippen LogP contribution is 2.28. The molecule has 1 saturated heterocycles. The molecule has 1 aliphatic rings. The van der Waals surface area contributed by atoms with Gasteiger partial charge in [0.05, 0.1) is 20.7 Å². The molecule has 1 unspecified atom stereocenters. The molecule has 82 valence electrons. The van der Waals surface area contributed by atoms with Crippen LogP contribution in [0.25, 0.3) is 0 Å².